The van der Waals surface area contributed by atoms with Crippen LogP contribution in [0.25, 0.3) is 0 Å². The fourth-order valence-electron chi connectivity index (χ4n) is 4.16. The van der Waals surface area contributed by atoms with E-state index in [0.717, 1.165) is 29.8 Å². The Balaban J connectivity index is 1.60. The molecule has 0 aromatic heterocycles. The molecule has 4 N–H and O–H groups in total. The molecule has 218 valence electrons. The highest BCUT2D eigenvalue weighted by molar-refractivity contribution is 7.90. The summed E-state index contributed by atoms with van der Waals surface area (Å²) in [6.45, 7) is 1.80. The number of alkyl halides is 3. The maximum atomic E-state index is 13.1. The number of hydrogen-bond acceptors (Lipinski definition) is 4. The highest BCUT2D eigenvalue weighted by Gasteiger charge is 2.31. The molecule has 0 bridgehead atoms. The molecule has 0 radical (unpaired) electrons. The van der Waals surface area contributed by atoms with Gasteiger partial charge in [0.05, 0.1) is 22.5 Å². The fourth-order valence-corrected chi connectivity index (χ4v) is 5.07. The predicted molar refractivity (Wildman–Crippen MR) is 152 cm³/mol. The number of hydrogen-bond donors (Lipinski definition) is 4. The van der Waals surface area contributed by atoms with Gasteiger partial charge in [-0.2, -0.15) is 13.2 Å². The number of sulfonamides is 1. The maximum absolute atomic E-state index is 13.1. The molecule has 0 fully saturated rings. The second kappa shape index (κ2) is 12.8. The second-order valence-corrected chi connectivity index (χ2v) is 11.0. The van der Waals surface area contributed by atoms with Gasteiger partial charge in [0.1, 0.15) is 0 Å². The van der Waals surface area contributed by atoms with Gasteiger partial charge in [0.25, 0.3) is 10.0 Å². The molecule has 0 aliphatic carbocycles. The molecular weight excluding hydrogens is 569 g/mol. The van der Waals surface area contributed by atoms with Crippen molar-refractivity contribution in [3.05, 3.63) is 131 Å². The molecular formula is C30H27F3N4O4S. The van der Waals surface area contributed by atoms with E-state index in [1.54, 1.807) is 79.7 Å². The Bertz CT molecular complexity index is 1620. The summed E-state index contributed by atoms with van der Waals surface area (Å²) >= 11 is 0. The van der Waals surface area contributed by atoms with Crippen LogP contribution in [0.4, 0.5) is 28.4 Å². The van der Waals surface area contributed by atoms with Gasteiger partial charge in [-0.25, -0.2) is 22.7 Å². The highest BCUT2D eigenvalue weighted by Crippen LogP contribution is 2.31. The summed E-state index contributed by atoms with van der Waals surface area (Å²) in [5, 5.41) is 7.94. The molecule has 0 heterocycles. The smallest absolute Gasteiger partial charge is 0.329 e. The lowest BCUT2D eigenvalue weighted by Crippen LogP contribution is -2.46. The minimum absolute atomic E-state index is 0.104. The SMILES string of the molecule is Cc1ccc(S(=O)(=O)NC(=O)N[C@H](c2ccccc2)[C@H](NC(=O)Nc2ccc(C(F)(F)F)cc2)c2ccccc2)cc1. The molecule has 0 aliphatic heterocycles. The maximum Gasteiger partial charge on any atom is 0.416 e. The number of nitrogens with one attached hydrogen (secondary N) is 4. The third kappa shape index (κ3) is 7.88. The number of anilines is 1. The van der Waals surface area contributed by atoms with Crippen LogP contribution in [0.1, 0.15) is 34.3 Å². The Hall–Kier alpha value is -4.84. The molecule has 8 nitrogen and oxygen atoms in total. The number of carbonyl (C=O) groups excluding carboxylic acids is 2. The summed E-state index contributed by atoms with van der Waals surface area (Å²) in [5.41, 5.74) is 1.20. The van der Waals surface area contributed by atoms with Crippen LogP contribution >= 0.6 is 0 Å². The molecule has 12 heteroatoms. The van der Waals surface area contributed by atoms with Crippen LogP contribution < -0.4 is 20.7 Å². The zero-order valence-electron chi connectivity index (χ0n) is 22.2. The summed E-state index contributed by atoms with van der Waals surface area (Å²) in [5.74, 6) is 0. The summed E-state index contributed by atoms with van der Waals surface area (Å²) in [7, 11) is -4.21. The number of halogens is 3. The largest absolute Gasteiger partial charge is 0.416 e. The van der Waals surface area contributed by atoms with E-state index < -0.39 is 45.9 Å². The van der Waals surface area contributed by atoms with Crippen molar-refractivity contribution in [2.45, 2.75) is 30.1 Å². The molecule has 0 spiro atoms. The van der Waals surface area contributed by atoms with Gasteiger partial charge in [-0.3, -0.25) is 0 Å². The molecule has 4 rings (SSSR count). The predicted octanol–water partition coefficient (Wildman–Crippen LogP) is 6.31. The number of rotatable bonds is 8. The van der Waals surface area contributed by atoms with E-state index in [-0.39, 0.29) is 10.6 Å². The average Bonchev–Trinajstić information content (AvgIpc) is 2.95. The highest BCUT2D eigenvalue weighted by atomic mass is 32.2. The first-order chi connectivity index (χ1) is 19.9. The van der Waals surface area contributed by atoms with Gasteiger partial charge in [0.15, 0.2) is 0 Å². The van der Waals surface area contributed by atoms with E-state index in [2.05, 4.69) is 16.0 Å². The van der Waals surface area contributed by atoms with Crippen molar-refractivity contribution < 1.29 is 31.2 Å². The van der Waals surface area contributed by atoms with Gasteiger partial charge in [-0.05, 0) is 54.4 Å². The quantitative estimate of drug-likeness (QED) is 0.191. The molecule has 0 unspecified atom stereocenters. The Kier molecular flexibility index (Phi) is 9.16. The normalized spacial score (nSPS) is 13.0. The zero-order chi connectivity index (χ0) is 30.3. The number of aryl methyl sites for hydroxylation is 1. The van der Waals surface area contributed by atoms with Gasteiger partial charge in [-0.1, -0.05) is 78.4 Å². The van der Waals surface area contributed by atoms with Crippen molar-refractivity contribution >= 4 is 27.8 Å². The van der Waals surface area contributed by atoms with Crippen molar-refractivity contribution in [1.29, 1.82) is 0 Å². The van der Waals surface area contributed by atoms with E-state index in [4.69, 9.17) is 0 Å². The number of amides is 4. The van der Waals surface area contributed by atoms with Crippen molar-refractivity contribution in [1.82, 2.24) is 15.4 Å². The first-order valence-corrected chi connectivity index (χ1v) is 14.2. The lowest BCUT2D eigenvalue weighted by molar-refractivity contribution is -0.137. The van der Waals surface area contributed by atoms with E-state index in [1.807, 2.05) is 4.72 Å². The standard InChI is InChI=1S/C30H27F3N4O4S/c1-20-12-18-25(19-13-20)42(40,41)37-29(39)36-27(22-10-6-3-7-11-22)26(21-8-4-2-5-9-21)35-28(38)34-24-16-14-23(15-17-24)30(31,32)33/h2-19,26-27H,1H3,(H2,34,35,38)(H2,36,37,39)/t26-,27-/m1/s1. The van der Waals surface area contributed by atoms with Crippen LogP contribution in [0.15, 0.2) is 114 Å². The van der Waals surface area contributed by atoms with Crippen molar-refractivity contribution in [2.75, 3.05) is 5.32 Å². The molecule has 42 heavy (non-hydrogen) atoms. The van der Waals surface area contributed by atoms with Gasteiger partial charge >= 0.3 is 18.2 Å². The minimum atomic E-state index is -4.53. The average molecular weight is 597 g/mol. The number of benzene rings is 4. The summed E-state index contributed by atoms with van der Waals surface area (Å²) in [6, 6.07) is 23.4. The first-order valence-electron chi connectivity index (χ1n) is 12.7. The molecule has 0 saturated heterocycles. The Morgan fingerprint density at radius 3 is 1.62 bits per heavy atom. The van der Waals surface area contributed by atoms with Crippen LogP contribution in [0.3, 0.4) is 0 Å². The topological polar surface area (TPSA) is 116 Å². The lowest BCUT2D eigenvalue weighted by atomic mass is 9.93. The van der Waals surface area contributed by atoms with Crippen molar-refractivity contribution in [3.8, 4) is 0 Å². The minimum Gasteiger partial charge on any atom is -0.329 e. The van der Waals surface area contributed by atoms with Gasteiger partial charge < -0.3 is 16.0 Å². The summed E-state index contributed by atoms with van der Waals surface area (Å²) in [6.07, 6.45) is -4.53. The van der Waals surface area contributed by atoms with Crippen LogP contribution in [-0.4, -0.2) is 20.5 Å². The van der Waals surface area contributed by atoms with Crippen LogP contribution in [0.2, 0.25) is 0 Å². The Morgan fingerprint density at radius 2 is 1.14 bits per heavy atom. The molecule has 4 aromatic carbocycles. The van der Waals surface area contributed by atoms with Crippen molar-refractivity contribution in [3.63, 3.8) is 0 Å². The zero-order valence-corrected chi connectivity index (χ0v) is 23.0. The molecule has 0 aliphatic rings. The van der Waals surface area contributed by atoms with E-state index in [9.17, 15) is 31.2 Å². The molecule has 2 atom stereocenters. The van der Waals surface area contributed by atoms with Crippen LogP contribution in [-0.2, 0) is 16.2 Å². The van der Waals surface area contributed by atoms with Crippen LogP contribution in [0, 0.1) is 6.92 Å². The molecule has 0 saturated carbocycles. The molecule has 4 amide bonds. The van der Waals surface area contributed by atoms with Gasteiger partial charge in [0.2, 0.25) is 0 Å². The van der Waals surface area contributed by atoms with Crippen molar-refractivity contribution in [2.24, 2.45) is 0 Å². The second-order valence-electron chi connectivity index (χ2n) is 9.34. The third-order valence-electron chi connectivity index (χ3n) is 6.25. The van der Waals surface area contributed by atoms with Gasteiger partial charge in [0, 0.05) is 5.69 Å². The Morgan fingerprint density at radius 1 is 0.667 bits per heavy atom. The van der Waals surface area contributed by atoms with E-state index in [0.29, 0.717) is 11.1 Å². The van der Waals surface area contributed by atoms with Gasteiger partial charge in [-0.15, -0.1) is 0 Å². The van der Waals surface area contributed by atoms with Crippen LogP contribution in [0.5, 0.6) is 0 Å². The summed E-state index contributed by atoms with van der Waals surface area (Å²) < 4.78 is 66.5. The fraction of sp³-hybridized carbons (Fsp3) is 0.133. The third-order valence-corrected chi connectivity index (χ3v) is 7.60. The van der Waals surface area contributed by atoms with E-state index in [1.165, 1.54) is 12.1 Å². The monoisotopic (exact) mass is 596 g/mol. The Labute approximate surface area is 241 Å². The number of carbonyl (C=O) groups is 2. The number of urea groups is 2. The molecule has 4 aromatic rings. The van der Waals surface area contributed by atoms with E-state index >= 15 is 0 Å². The summed E-state index contributed by atoms with van der Waals surface area (Å²) in [4.78, 5) is 26.1. The lowest BCUT2D eigenvalue weighted by Gasteiger charge is -2.30. The first kappa shape index (κ1) is 30.1.